The Bertz CT molecular complexity index is 1010. The number of fused-ring (bicyclic) bond motifs is 3. The van der Waals surface area contributed by atoms with Crippen molar-refractivity contribution in [1.29, 1.82) is 0 Å². The Balaban J connectivity index is 1.51. The molecular formula is C19H17NO4S. The summed E-state index contributed by atoms with van der Waals surface area (Å²) in [6, 6.07) is 11.3. The Morgan fingerprint density at radius 2 is 2.00 bits per heavy atom. The third-order valence-electron chi connectivity index (χ3n) is 5.27. The van der Waals surface area contributed by atoms with Crippen LogP contribution in [0.4, 0.5) is 0 Å². The van der Waals surface area contributed by atoms with Gasteiger partial charge in [0.1, 0.15) is 5.76 Å². The molecule has 0 amide bonds. The maximum absolute atomic E-state index is 12.9. The van der Waals surface area contributed by atoms with Gasteiger partial charge in [0.05, 0.1) is 35.5 Å². The molecule has 0 aliphatic carbocycles. The van der Waals surface area contributed by atoms with E-state index in [-0.39, 0.29) is 11.2 Å². The highest BCUT2D eigenvalue weighted by Crippen LogP contribution is 2.46. The van der Waals surface area contributed by atoms with Crippen molar-refractivity contribution < 1.29 is 17.3 Å². The molecule has 0 saturated carbocycles. The minimum absolute atomic E-state index is 0.0156. The highest BCUT2D eigenvalue weighted by Gasteiger charge is 2.50. The van der Waals surface area contributed by atoms with Gasteiger partial charge in [0.2, 0.25) is 0 Å². The fraction of sp³-hybridized carbons (Fsp3) is 0.263. The first-order valence-corrected chi connectivity index (χ1v) is 9.83. The molecule has 2 atom stereocenters. The molecule has 0 unspecified atom stereocenters. The number of sulfone groups is 1. The Hall–Kier alpha value is -2.31. The topological polar surface area (TPSA) is 63.7 Å². The average molecular weight is 355 g/mol. The molecular weight excluding hydrogens is 338 g/mol. The third kappa shape index (κ3) is 2.28. The minimum Gasteiger partial charge on any atom is -0.472 e. The quantitative estimate of drug-likeness (QED) is 0.721. The van der Waals surface area contributed by atoms with E-state index in [0.29, 0.717) is 18.0 Å². The van der Waals surface area contributed by atoms with Crippen LogP contribution in [0, 0.1) is 0 Å². The van der Waals surface area contributed by atoms with Crippen molar-refractivity contribution >= 4 is 9.84 Å². The smallest absolute Gasteiger partial charge is 0.183 e. The highest BCUT2D eigenvalue weighted by molar-refractivity contribution is 7.92. The summed E-state index contributed by atoms with van der Waals surface area (Å²) in [5, 5.41) is -0.364. The number of nitrogens with zero attached hydrogens (tertiary/aromatic N) is 1. The number of furan rings is 2. The molecule has 3 aromatic rings. The SMILES string of the molecule is O=S1(=O)c2ccc(-c3ccoc3)cc2[C@H]2CN(Cc3ccco3)C[C@H]21. The molecule has 1 aromatic carbocycles. The zero-order chi connectivity index (χ0) is 17.0. The summed E-state index contributed by atoms with van der Waals surface area (Å²) >= 11 is 0. The van der Waals surface area contributed by atoms with Crippen LogP contribution in [0.15, 0.2) is 68.9 Å². The van der Waals surface area contributed by atoms with Crippen LogP contribution in [0.5, 0.6) is 0 Å². The summed E-state index contributed by atoms with van der Waals surface area (Å²) < 4.78 is 36.4. The van der Waals surface area contributed by atoms with E-state index in [1.807, 2.05) is 30.3 Å². The summed E-state index contributed by atoms with van der Waals surface area (Å²) in [5.74, 6) is 0.881. The number of hydrogen-bond donors (Lipinski definition) is 0. The van der Waals surface area contributed by atoms with Crippen LogP contribution < -0.4 is 0 Å². The van der Waals surface area contributed by atoms with E-state index in [9.17, 15) is 8.42 Å². The van der Waals surface area contributed by atoms with Gasteiger partial charge < -0.3 is 8.83 Å². The first-order chi connectivity index (χ1) is 12.1. The molecule has 25 heavy (non-hydrogen) atoms. The van der Waals surface area contributed by atoms with Gasteiger partial charge in [-0.2, -0.15) is 0 Å². The van der Waals surface area contributed by atoms with Gasteiger partial charge in [0.25, 0.3) is 0 Å². The van der Waals surface area contributed by atoms with Gasteiger partial charge in [-0.25, -0.2) is 8.42 Å². The Labute approximate surface area is 145 Å². The van der Waals surface area contributed by atoms with Crippen molar-refractivity contribution in [3.63, 3.8) is 0 Å². The van der Waals surface area contributed by atoms with Crippen molar-refractivity contribution in [3.8, 4) is 11.1 Å². The first-order valence-electron chi connectivity index (χ1n) is 8.28. The molecule has 0 spiro atoms. The van der Waals surface area contributed by atoms with Crippen LogP contribution in [-0.4, -0.2) is 31.7 Å². The fourth-order valence-corrected chi connectivity index (χ4v) is 6.28. The maximum atomic E-state index is 12.9. The largest absolute Gasteiger partial charge is 0.472 e. The molecule has 2 aliphatic heterocycles. The van der Waals surface area contributed by atoms with Crippen molar-refractivity contribution in [2.75, 3.05) is 13.1 Å². The van der Waals surface area contributed by atoms with Crippen molar-refractivity contribution in [2.45, 2.75) is 22.6 Å². The Morgan fingerprint density at radius 1 is 1.08 bits per heavy atom. The van der Waals surface area contributed by atoms with Crippen molar-refractivity contribution in [1.82, 2.24) is 4.90 Å². The second-order valence-corrected chi connectivity index (χ2v) is 8.86. The molecule has 1 saturated heterocycles. The maximum Gasteiger partial charge on any atom is 0.183 e. The van der Waals surface area contributed by atoms with E-state index < -0.39 is 9.84 Å². The molecule has 2 aromatic heterocycles. The fourth-order valence-electron chi connectivity index (χ4n) is 4.09. The molecule has 0 radical (unpaired) electrons. The molecule has 2 aliphatic rings. The van der Waals surface area contributed by atoms with Crippen LogP contribution in [0.2, 0.25) is 0 Å². The Morgan fingerprint density at radius 3 is 2.76 bits per heavy atom. The van der Waals surface area contributed by atoms with Crippen LogP contribution in [0.1, 0.15) is 17.2 Å². The molecule has 4 heterocycles. The number of rotatable bonds is 3. The molecule has 5 nitrogen and oxygen atoms in total. The molecule has 1 fully saturated rings. The highest BCUT2D eigenvalue weighted by atomic mass is 32.2. The van der Waals surface area contributed by atoms with E-state index in [4.69, 9.17) is 8.83 Å². The van der Waals surface area contributed by atoms with Gasteiger partial charge in [0, 0.05) is 24.6 Å². The molecule has 0 N–H and O–H groups in total. The van der Waals surface area contributed by atoms with Gasteiger partial charge in [0.15, 0.2) is 9.84 Å². The van der Waals surface area contributed by atoms with Crippen molar-refractivity contribution in [3.05, 3.63) is 66.5 Å². The summed E-state index contributed by atoms with van der Waals surface area (Å²) in [6.45, 7) is 1.92. The predicted molar refractivity (Wildman–Crippen MR) is 91.8 cm³/mol. The third-order valence-corrected chi connectivity index (χ3v) is 7.53. The lowest BCUT2D eigenvalue weighted by molar-refractivity contribution is 0.293. The van der Waals surface area contributed by atoms with Crippen LogP contribution in [0.3, 0.4) is 0 Å². The lowest BCUT2D eigenvalue weighted by atomic mass is 9.95. The zero-order valence-corrected chi connectivity index (χ0v) is 14.3. The number of likely N-dealkylation sites (tertiary alicyclic amines) is 1. The van der Waals surface area contributed by atoms with E-state index in [1.54, 1.807) is 24.9 Å². The Kier molecular flexibility index (Phi) is 3.20. The second-order valence-electron chi connectivity index (χ2n) is 6.73. The zero-order valence-electron chi connectivity index (χ0n) is 13.5. The van der Waals surface area contributed by atoms with E-state index in [2.05, 4.69) is 4.90 Å². The predicted octanol–water partition coefficient (Wildman–Crippen LogP) is 3.29. The van der Waals surface area contributed by atoms with Gasteiger partial charge in [-0.3, -0.25) is 4.90 Å². The van der Waals surface area contributed by atoms with Gasteiger partial charge in [-0.05, 0) is 41.5 Å². The summed E-state index contributed by atoms with van der Waals surface area (Å²) in [5.41, 5.74) is 2.90. The second kappa shape index (κ2) is 5.34. The molecule has 5 rings (SSSR count). The van der Waals surface area contributed by atoms with Gasteiger partial charge in [-0.1, -0.05) is 6.07 Å². The van der Waals surface area contributed by atoms with Gasteiger partial charge >= 0.3 is 0 Å². The number of benzene rings is 1. The standard InChI is InChI=1S/C19H17NO4S/c21-25(22)18-4-3-13(14-5-7-23-12-14)8-16(18)17-10-20(11-19(17)25)9-15-2-1-6-24-15/h1-8,12,17,19H,9-11H2/t17-,19-/m1/s1. The number of hydrogen-bond acceptors (Lipinski definition) is 5. The molecule has 0 bridgehead atoms. The summed E-state index contributed by atoms with van der Waals surface area (Å²) in [4.78, 5) is 2.66. The van der Waals surface area contributed by atoms with Gasteiger partial charge in [-0.15, -0.1) is 0 Å². The summed E-state index contributed by atoms with van der Waals surface area (Å²) in [6.07, 6.45) is 4.96. The molecule has 128 valence electrons. The van der Waals surface area contributed by atoms with Crippen LogP contribution >= 0.6 is 0 Å². The monoisotopic (exact) mass is 355 g/mol. The minimum atomic E-state index is -3.28. The van der Waals surface area contributed by atoms with E-state index in [1.165, 1.54) is 0 Å². The normalized spacial score (nSPS) is 24.3. The van der Waals surface area contributed by atoms with E-state index in [0.717, 1.165) is 29.0 Å². The first kappa shape index (κ1) is 15.0. The van der Waals surface area contributed by atoms with E-state index >= 15 is 0 Å². The lowest BCUT2D eigenvalue weighted by Gasteiger charge is -2.16. The lowest BCUT2D eigenvalue weighted by Crippen LogP contribution is -2.25. The summed E-state index contributed by atoms with van der Waals surface area (Å²) in [7, 11) is -3.28. The van der Waals surface area contributed by atoms with Crippen LogP contribution in [-0.2, 0) is 16.4 Å². The average Bonchev–Trinajstić information content (AvgIpc) is 3.37. The molecule has 6 heteroatoms. The van der Waals surface area contributed by atoms with Crippen molar-refractivity contribution in [2.24, 2.45) is 0 Å². The van der Waals surface area contributed by atoms with Crippen LogP contribution in [0.25, 0.3) is 11.1 Å².